The minimum Gasteiger partial charge on any atom is -0.350 e. The fourth-order valence-corrected chi connectivity index (χ4v) is 5.09. The number of nitrogens with zero attached hydrogens (tertiary/aromatic N) is 1. The summed E-state index contributed by atoms with van der Waals surface area (Å²) < 4.78 is 0. The van der Waals surface area contributed by atoms with Crippen LogP contribution in [0.1, 0.15) is 38.3 Å². The predicted molar refractivity (Wildman–Crippen MR) is 151 cm³/mol. The van der Waals surface area contributed by atoms with Crippen molar-refractivity contribution in [3.8, 4) is 0 Å². The first kappa shape index (κ1) is 28.1. The van der Waals surface area contributed by atoms with E-state index in [9.17, 15) is 9.59 Å². The molecule has 0 aliphatic rings. The number of benzene rings is 3. The Morgan fingerprint density at radius 1 is 0.944 bits per heavy atom. The highest BCUT2D eigenvalue weighted by atomic mass is 35.5. The van der Waals surface area contributed by atoms with Crippen LogP contribution in [-0.2, 0) is 22.6 Å². The van der Waals surface area contributed by atoms with Gasteiger partial charge in [-0.2, -0.15) is 0 Å². The van der Waals surface area contributed by atoms with Crippen molar-refractivity contribution in [3.63, 3.8) is 0 Å². The van der Waals surface area contributed by atoms with Crippen molar-refractivity contribution in [1.82, 2.24) is 10.2 Å². The molecular formula is C29H32Cl2N2O2S. The fraction of sp³-hybridized carbons (Fsp3) is 0.310. The van der Waals surface area contributed by atoms with Crippen molar-refractivity contribution >= 4 is 46.8 Å². The van der Waals surface area contributed by atoms with E-state index in [2.05, 4.69) is 5.32 Å². The van der Waals surface area contributed by atoms with Gasteiger partial charge in [-0.25, -0.2) is 0 Å². The number of carbonyl (C=O) groups excluding carboxylic acids is 2. The largest absolute Gasteiger partial charge is 0.350 e. The molecule has 0 spiro atoms. The molecular weight excluding hydrogens is 511 g/mol. The van der Waals surface area contributed by atoms with Crippen LogP contribution >= 0.6 is 35.0 Å². The van der Waals surface area contributed by atoms with Gasteiger partial charge in [-0.3, -0.25) is 9.59 Å². The number of hydrogen-bond donors (Lipinski definition) is 1. The van der Waals surface area contributed by atoms with Gasteiger partial charge >= 0.3 is 0 Å². The van der Waals surface area contributed by atoms with Crippen molar-refractivity contribution in [2.24, 2.45) is 0 Å². The van der Waals surface area contributed by atoms with Crippen LogP contribution in [0.2, 0.25) is 10.0 Å². The first-order valence-electron chi connectivity index (χ1n) is 11.9. The molecule has 3 rings (SSSR count). The van der Waals surface area contributed by atoms with E-state index >= 15 is 0 Å². The number of nitrogens with one attached hydrogen (secondary N) is 1. The lowest BCUT2D eigenvalue weighted by molar-refractivity contribution is -0.141. The zero-order chi connectivity index (χ0) is 26.1. The van der Waals surface area contributed by atoms with Gasteiger partial charge in [-0.05, 0) is 56.2 Å². The minimum absolute atomic E-state index is 0.102. The summed E-state index contributed by atoms with van der Waals surface area (Å²) in [5.41, 5.74) is 1.28. The van der Waals surface area contributed by atoms with Gasteiger partial charge in [0.25, 0.3) is 0 Å². The van der Waals surface area contributed by atoms with E-state index < -0.39 is 11.6 Å². The summed E-state index contributed by atoms with van der Waals surface area (Å²) in [5, 5.41) is 4.06. The molecule has 0 aromatic heterocycles. The molecule has 3 aromatic carbocycles. The van der Waals surface area contributed by atoms with Crippen LogP contribution in [0.4, 0.5) is 0 Å². The maximum atomic E-state index is 13.7. The first-order valence-corrected chi connectivity index (χ1v) is 13.6. The molecule has 0 radical (unpaired) electrons. The molecule has 3 aromatic rings. The number of amides is 2. The topological polar surface area (TPSA) is 49.4 Å². The van der Waals surface area contributed by atoms with E-state index in [1.54, 1.807) is 28.8 Å². The molecule has 0 unspecified atom stereocenters. The molecule has 4 nitrogen and oxygen atoms in total. The molecule has 0 saturated heterocycles. The van der Waals surface area contributed by atoms with Gasteiger partial charge in [-0.15, -0.1) is 11.8 Å². The second kappa shape index (κ2) is 13.2. The normalized spacial score (nSPS) is 12.1. The number of halogens is 2. The molecule has 0 heterocycles. The Morgan fingerprint density at radius 2 is 1.58 bits per heavy atom. The van der Waals surface area contributed by atoms with E-state index in [1.165, 1.54) is 0 Å². The SMILES string of the molecule is CC(C)(C)NC(=O)[C@H](Cc1ccccc1)N(Cc1ccc(Cl)cc1Cl)C(=O)CCSc1ccccc1. The third-order valence-electron chi connectivity index (χ3n) is 5.45. The van der Waals surface area contributed by atoms with Crippen LogP contribution in [0.15, 0.2) is 83.8 Å². The van der Waals surface area contributed by atoms with Crippen LogP contribution < -0.4 is 5.32 Å². The lowest BCUT2D eigenvalue weighted by Crippen LogP contribution is -2.54. The lowest BCUT2D eigenvalue weighted by atomic mass is 10.0. The Balaban J connectivity index is 1.90. The van der Waals surface area contributed by atoms with Crippen molar-refractivity contribution in [1.29, 1.82) is 0 Å². The van der Waals surface area contributed by atoms with E-state index in [0.29, 0.717) is 28.6 Å². The first-order chi connectivity index (χ1) is 17.1. The third kappa shape index (κ3) is 8.88. The smallest absolute Gasteiger partial charge is 0.243 e. The summed E-state index contributed by atoms with van der Waals surface area (Å²) in [7, 11) is 0. The van der Waals surface area contributed by atoms with Crippen molar-refractivity contribution in [2.75, 3.05) is 5.75 Å². The van der Waals surface area contributed by atoms with Crippen LogP contribution in [0.3, 0.4) is 0 Å². The lowest BCUT2D eigenvalue weighted by Gasteiger charge is -2.34. The Morgan fingerprint density at radius 3 is 2.19 bits per heavy atom. The number of hydrogen-bond acceptors (Lipinski definition) is 3. The van der Waals surface area contributed by atoms with E-state index in [-0.39, 0.29) is 18.4 Å². The minimum atomic E-state index is -0.701. The van der Waals surface area contributed by atoms with Gasteiger partial charge in [0.2, 0.25) is 11.8 Å². The molecule has 0 bridgehead atoms. The van der Waals surface area contributed by atoms with Crippen molar-refractivity contribution in [2.45, 2.75) is 56.6 Å². The highest BCUT2D eigenvalue weighted by Crippen LogP contribution is 2.25. The summed E-state index contributed by atoms with van der Waals surface area (Å²) in [6.45, 7) is 6.01. The van der Waals surface area contributed by atoms with Crippen LogP contribution in [0.25, 0.3) is 0 Å². The highest BCUT2D eigenvalue weighted by molar-refractivity contribution is 7.99. The maximum Gasteiger partial charge on any atom is 0.243 e. The Hall–Kier alpha value is -2.47. The summed E-state index contributed by atoms with van der Waals surface area (Å²) >= 11 is 14.2. The number of rotatable bonds is 10. The molecule has 1 N–H and O–H groups in total. The molecule has 0 saturated carbocycles. The van der Waals surface area contributed by atoms with Gasteiger partial charge in [0.15, 0.2) is 0 Å². The zero-order valence-electron chi connectivity index (χ0n) is 20.8. The Kier molecular flexibility index (Phi) is 10.3. The molecule has 0 aliphatic carbocycles. The Labute approximate surface area is 228 Å². The molecule has 0 fully saturated rings. The molecule has 2 amide bonds. The van der Waals surface area contributed by atoms with E-state index in [1.807, 2.05) is 87.5 Å². The molecule has 7 heteroatoms. The molecule has 0 aliphatic heterocycles. The number of thioether (sulfide) groups is 1. The van der Waals surface area contributed by atoms with Crippen molar-refractivity contribution < 1.29 is 9.59 Å². The maximum absolute atomic E-state index is 13.7. The van der Waals surface area contributed by atoms with Gasteiger partial charge < -0.3 is 10.2 Å². The monoisotopic (exact) mass is 542 g/mol. The van der Waals surface area contributed by atoms with Gasteiger partial charge in [0, 0.05) is 45.6 Å². The second-order valence-corrected chi connectivity index (χ2v) is 11.6. The zero-order valence-corrected chi connectivity index (χ0v) is 23.2. The summed E-state index contributed by atoms with van der Waals surface area (Å²) in [6, 6.07) is 24.2. The van der Waals surface area contributed by atoms with E-state index in [0.717, 1.165) is 16.0 Å². The summed E-state index contributed by atoms with van der Waals surface area (Å²) in [6.07, 6.45) is 0.685. The molecule has 1 atom stereocenters. The van der Waals surface area contributed by atoms with Crippen LogP contribution in [0, 0.1) is 0 Å². The van der Waals surface area contributed by atoms with Gasteiger partial charge in [-0.1, -0.05) is 77.8 Å². The molecule has 190 valence electrons. The number of carbonyl (C=O) groups is 2. The predicted octanol–water partition coefficient (Wildman–Crippen LogP) is 7.03. The molecule has 36 heavy (non-hydrogen) atoms. The summed E-state index contributed by atoms with van der Waals surface area (Å²) in [5.74, 6) is 0.307. The van der Waals surface area contributed by atoms with Gasteiger partial charge in [0.05, 0.1) is 0 Å². The average Bonchev–Trinajstić information content (AvgIpc) is 2.82. The van der Waals surface area contributed by atoms with Crippen LogP contribution in [-0.4, -0.2) is 34.0 Å². The van der Waals surface area contributed by atoms with E-state index in [4.69, 9.17) is 23.2 Å². The standard InChI is InChI=1S/C29H32Cl2N2O2S/c1-29(2,3)32-28(35)26(18-21-10-6-4-7-11-21)33(20-22-14-15-23(30)19-25(22)31)27(34)16-17-36-24-12-8-5-9-13-24/h4-15,19,26H,16-18,20H2,1-3H3,(H,32,35)/t26-/m0/s1. The second-order valence-electron chi connectivity index (χ2n) is 9.61. The van der Waals surface area contributed by atoms with Crippen molar-refractivity contribution in [3.05, 3.63) is 100 Å². The third-order valence-corrected chi connectivity index (χ3v) is 7.05. The Bertz CT molecular complexity index is 1150. The average molecular weight is 544 g/mol. The van der Waals surface area contributed by atoms with Gasteiger partial charge in [0.1, 0.15) is 6.04 Å². The fourth-order valence-electron chi connectivity index (χ4n) is 3.76. The highest BCUT2D eigenvalue weighted by Gasteiger charge is 2.32. The quantitative estimate of drug-likeness (QED) is 0.279. The van der Waals surface area contributed by atoms with Crippen LogP contribution in [0.5, 0.6) is 0 Å². The summed E-state index contributed by atoms with van der Waals surface area (Å²) in [4.78, 5) is 30.0.